The van der Waals surface area contributed by atoms with E-state index in [2.05, 4.69) is 38.1 Å². The largest absolute Gasteiger partial charge is 0.493 e. The maximum Gasteiger partial charge on any atom is 0.335 e. The molecule has 326 valence electrons. The van der Waals surface area contributed by atoms with E-state index in [1.807, 2.05) is 65.8 Å². The number of hydrogen-bond acceptors (Lipinski definition) is 10. The number of carbonyl (C=O) groups excluding carboxylic acids is 2. The molecule has 0 aliphatic heterocycles. The first-order chi connectivity index (χ1) is 29.7. The average molecular weight is 835 g/mol. The molecule has 0 aromatic heterocycles. The van der Waals surface area contributed by atoms with E-state index < -0.39 is 17.4 Å². The fourth-order valence-corrected chi connectivity index (χ4v) is 8.44. The van der Waals surface area contributed by atoms with Gasteiger partial charge in [-0.2, -0.15) is 0 Å². The van der Waals surface area contributed by atoms with Gasteiger partial charge in [0.05, 0.1) is 56.2 Å². The molecule has 0 fully saturated rings. The maximum absolute atomic E-state index is 13.5. The van der Waals surface area contributed by atoms with Crippen LogP contribution < -0.4 is 37.9 Å². The van der Waals surface area contributed by atoms with Crippen LogP contribution in [0.2, 0.25) is 0 Å². The first-order valence-corrected chi connectivity index (χ1v) is 21.8. The van der Waals surface area contributed by atoms with Crippen molar-refractivity contribution in [3.8, 4) is 57.1 Å². The van der Waals surface area contributed by atoms with Crippen molar-refractivity contribution >= 4 is 11.9 Å². The van der Waals surface area contributed by atoms with E-state index in [1.165, 1.54) is 12.2 Å². The van der Waals surface area contributed by atoms with Gasteiger partial charge in [-0.05, 0) is 90.5 Å². The summed E-state index contributed by atoms with van der Waals surface area (Å²) in [6.07, 6.45) is 8.33. The molecule has 0 heterocycles. The third-order valence-electron chi connectivity index (χ3n) is 10.3. The van der Waals surface area contributed by atoms with Gasteiger partial charge in [0.1, 0.15) is 11.5 Å². The normalized spacial score (nSPS) is 12.6. The molecule has 5 rings (SSSR count). The Balaban J connectivity index is 2.27. The van der Waals surface area contributed by atoms with Gasteiger partial charge in [-0.3, -0.25) is 0 Å². The number of esters is 2. The highest BCUT2D eigenvalue weighted by atomic mass is 16.6. The number of fused-ring (bicyclic) bond motifs is 3. The van der Waals surface area contributed by atoms with E-state index in [4.69, 9.17) is 37.9 Å². The van der Waals surface area contributed by atoms with Crippen LogP contribution in [0.5, 0.6) is 46.0 Å². The molecule has 10 nitrogen and oxygen atoms in total. The second kappa shape index (κ2) is 21.6. The second-order valence-electron chi connectivity index (χ2n) is 14.1. The molecule has 10 heteroatoms. The number of benzene rings is 4. The molecule has 4 aromatic carbocycles. The number of carbonyl (C=O) groups is 2. The highest BCUT2D eigenvalue weighted by Crippen LogP contribution is 2.68. The molecule has 0 atom stereocenters. The first kappa shape index (κ1) is 46.2. The highest BCUT2D eigenvalue weighted by molar-refractivity contribution is 5.93. The quantitative estimate of drug-likeness (QED) is 0.0380. The van der Waals surface area contributed by atoms with E-state index in [-0.39, 0.29) is 62.6 Å². The van der Waals surface area contributed by atoms with E-state index in [9.17, 15) is 9.59 Å². The lowest BCUT2D eigenvalue weighted by Gasteiger charge is -2.40. The van der Waals surface area contributed by atoms with Gasteiger partial charge in [0, 0.05) is 23.3 Å². The van der Waals surface area contributed by atoms with Gasteiger partial charge in [0.15, 0.2) is 23.0 Å². The van der Waals surface area contributed by atoms with Crippen LogP contribution in [-0.2, 0) is 27.8 Å². The van der Waals surface area contributed by atoms with E-state index >= 15 is 0 Å². The van der Waals surface area contributed by atoms with Gasteiger partial charge in [-0.15, -0.1) is 0 Å². The lowest BCUT2D eigenvalue weighted by atomic mass is 9.65. The molecule has 0 bridgehead atoms. The number of allylic oxidation sites excluding steroid dienone is 2. The topological polar surface area (TPSA) is 108 Å². The Morgan fingerprint density at radius 1 is 0.459 bits per heavy atom. The summed E-state index contributed by atoms with van der Waals surface area (Å²) in [4.78, 5) is 26.9. The SMILES string of the molecule is CC=CC(=O)Oc1c(CCC)c(OCC)c(C2(c3c(OCC)c(CCC)c(OC(=O)C=CC)c(OCC)c3OCC)c3ccccc3-c3ccccc32)c(OCC)c1OCC. The molecule has 61 heavy (non-hydrogen) atoms. The summed E-state index contributed by atoms with van der Waals surface area (Å²) in [5, 5.41) is 0. The molecule has 0 unspecified atom stereocenters. The number of ether oxygens (including phenoxy) is 8. The third-order valence-corrected chi connectivity index (χ3v) is 10.3. The highest BCUT2D eigenvalue weighted by Gasteiger charge is 2.56. The molecule has 1 aliphatic rings. The number of rotatable bonds is 22. The Morgan fingerprint density at radius 3 is 1.11 bits per heavy atom. The zero-order valence-electron chi connectivity index (χ0n) is 37.6. The van der Waals surface area contributed by atoms with Crippen LogP contribution in [0.3, 0.4) is 0 Å². The van der Waals surface area contributed by atoms with Crippen LogP contribution in [0, 0.1) is 0 Å². The zero-order chi connectivity index (χ0) is 44.1. The van der Waals surface area contributed by atoms with Gasteiger partial charge < -0.3 is 37.9 Å². The fraction of sp³-hybridized carbons (Fsp3) is 0.412. The summed E-state index contributed by atoms with van der Waals surface area (Å²) in [6.45, 7) is 20.6. The van der Waals surface area contributed by atoms with Gasteiger partial charge in [-0.25, -0.2) is 9.59 Å². The van der Waals surface area contributed by atoms with Gasteiger partial charge in [-0.1, -0.05) is 87.4 Å². The van der Waals surface area contributed by atoms with Gasteiger partial charge in [0.2, 0.25) is 11.5 Å². The Kier molecular flexibility index (Phi) is 16.3. The van der Waals surface area contributed by atoms with E-state index in [1.54, 1.807) is 26.0 Å². The third kappa shape index (κ3) is 8.68. The predicted octanol–water partition coefficient (Wildman–Crippen LogP) is 11.3. The molecule has 0 radical (unpaired) electrons. The summed E-state index contributed by atoms with van der Waals surface area (Å²) in [6, 6.07) is 16.6. The lowest BCUT2D eigenvalue weighted by molar-refractivity contribution is -0.130. The van der Waals surface area contributed by atoms with Gasteiger partial charge >= 0.3 is 11.9 Å². The van der Waals surface area contributed by atoms with Crippen LogP contribution in [-0.4, -0.2) is 51.6 Å². The van der Waals surface area contributed by atoms with Crippen LogP contribution in [0.25, 0.3) is 11.1 Å². The molecular weight excluding hydrogens is 773 g/mol. The Bertz CT molecular complexity index is 2000. The molecular formula is C51H62O10. The second-order valence-corrected chi connectivity index (χ2v) is 14.1. The summed E-state index contributed by atoms with van der Waals surface area (Å²) >= 11 is 0. The van der Waals surface area contributed by atoms with Crippen molar-refractivity contribution in [2.75, 3.05) is 39.6 Å². The van der Waals surface area contributed by atoms with Crippen molar-refractivity contribution < 1.29 is 47.5 Å². The Labute approximate surface area is 361 Å². The molecule has 0 saturated heterocycles. The molecule has 4 aromatic rings. The Morgan fingerprint density at radius 2 is 0.787 bits per heavy atom. The minimum absolute atomic E-state index is 0.231. The maximum atomic E-state index is 13.5. The zero-order valence-corrected chi connectivity index (χ0v) is 37.6. The van der Waals surface area contributed by atoms with Crippen LogP contribution in [0.15, 0.2) is 72.8 Å². The lowest BCUT2D eigenvalue weighted by Crippen LogP contribution is -2.33. The molecule has 0 saturated carbocycles. The van der Waals surface area contributed by atoms with Crippen LogP contribution >= 0.6 is 0 Å². The summed E-state index contributed by atoms with van der Waals surface area (Å²) in [5.74, 6) is 1.54. The summed E-state index contributed by atoms with van der Waals surface area (Å²) in [7, 11) is 0. The van der Waals surface area contributed by atoms with Crippen molar-refractivity contribution in [3.05, 3.63) is 106 Å². The summed E-state index contributed by atoms with van der Waals surface area (Å²) < 4.78 is 53.3. The van der Waals surface area contributed by atoms with Crippen molar-refractivity contribution in [2.45, 2.75) is 100 Å². The average Bonchev–Trinajstić information content (AvgIpc) is 3.54. The molecule has 0 N–H and O–H groups in total. The molecule has 0 amide bonds. The van der Waals surface area contributed by atoms with E-state index in [0.29, 0.717) is 70.9 Å². The molecule has 0 spiro atoms. The smallest absolute Gasteiger partial charge is 0.335 e. The first-order valence-electron chi connectivity index (χ1n) is 21.8. The number of hydrogen-bond donors (Lipinski definition) is 0. The van der Waals surface area contributed by atoms with Crippen molar-refractivity contribution in [2.24, 2.45) is 0 Å². The predicted molar refractivity (Wildman–Crippen MR) is 240 cm³/mol. The molecule has 1 aliphatic carbocycles. The minimum Gasteiger partial charge on any atom is -0.493 e. The monoisotopic (exact) mass is 834 g/mol. The summed E-state index contributed by atoms with van der Waals surface area (Å²) in [5.41, 5.74) is 4.94. The Hall–Kier alpha value is -5.90. The van der Waals surface area contributed by atoms with Gasteiger partial charge in [0.25, 0.3) is 0 Å². The van der Waals surface area contributed by atoms with Crippen molar-refractivity contribution in [1.82, 2.24) is 0 Å². The van der Waals surface area contributed by atoms with Crippen molar-refractivity contribution in [3.63, 3.8) is 0 Å². The van der Waals surface area contributed by atoms with Crippen molar-refractivity contribution in [1.29, 1.82) is 0 Å². The van der Waals surface area contributed by atoms with Crippen LogP contribution in [0.4, 0.5) is 0 Å². The fourth-order valence-electron chi connectivity index (χ4n) is 8.44. The minimum atomic E-state index is -1.35. The van der Waals surface area contributed by atoms with E-state index in [0.717, 1.165) is 22.3 Å². The standard InChI is InChI=1S/C51H62O10/c1-11-25-35-43(54-15-5)41(47(56-17-7)49(58-19-9)45(35)60-39(52)27-13-3)51(37-31-23-21-29-33(37)34-30-22-24-32-38(34)51)42-44(55-16-6)36(26-12-2)46(61-40(53)28-14-4)50(59-20-10)48(42)57-18-8/h13-14,21-24,27-32H,11-12,15-20,25-26H2,1-10H3. The van der Waals surface area contributed by atoms with Crippen LogP contribution in [0.1, 0.15) is 115 Å².